The second kappa shape index (κ2) is 6.60. The Morgan fingerprint density at radius 2 is 1.87 bits per heavy atom. The summed E-state index contributed by atoms with van der Waals surface area (Å²) in [7, 11) is 1.64. The van der Waals surface area contributed by atoms with E-state index >= 15 is 0 Å². The van der Waals surface area contributed by atoms with Gasteiger partial charge < -0.3 is 4.74 Å². The zero-order valence-electron chi connectivity index (χ0n) is 12.7. The van der Waals surface area contributed by atoms with Crippen molar-refractivity contribution in [3.8, 4) is 5.75 Å². The summed E-state index contributed by atoms with van der Waals surface area (Å²) < 4.78 is 17.5. The third-order valence-electron chi connectivity index (χ3n) is 3.99. The van der Waals surface area contributed by atoms with Gasteiger partial charge in [-0.1, -0.05) is 24.3 Å². The smallest absolute Gasteiger partial charge is 0.397 e. The maximum Gasteiger partial charge on any atom is 0.397 e. The molecule has 23 heavy (non-hydrogen) atoms. The minimum atomic E-state index is -1.08. The van der Waals surface area contributed by atoms with E-state index in [0.29, 0.717) is 5.69 Å². The number of allylic oxidation sites excluding steroid dienone is 2. The zero-order valence-corrected chi connectivity index (χ0v) is 12.7. The Morgan fingerprint density at radius 3 is 2.65 bits per heavy atom. The third-order valence-corrected chi connectivity index (χ3v) is 3.99. The van der Waals surface area contributed by atoms with E-state index < -0.39 is 5.97 Å². The SMILES string of the molecule is COc1ccccc1C1=C(c2cccc(C(=O)OF)n2)CCC1. The van der Waals surface area contributed by atoms with Gasteiger partial charge in [-0.25, -0.2) is 14.7 Å². The first kappa shape index (κ1) is 15.2. The van der Waals surface area contributed by atoms with E-state index in [9.17, 15) is 9.32 Å². The average molecular weight is 313 g/mol. The number of aromatic nitrogens is 1. The Labute approximate surface area is 133 Å². The largest absolute Gasteiger partial charge is 0.496 e. The van der Waals surface area contributed by atoms with Gasteiger partial charge in [0.1, 0.15) is 5.75 Å². The number of hydrogen-bond donors (Lipinski definition) is 0. The lowest BCUT2D eigenvalue weighted by Crippen LogP contribution is -2.04. The van der Waals surface area contributed by atoms with Crippen LogP contribution in [0.3, 0.4) is 0 Å². The molecule has 0 bridgehead atoms. The van der Waals surface area contributed by atoms with Crippen molar-refractivity contribution in [3.63, 3.8) is 0 Å². The predicted octanol–water partition coefficient (Wildman–Crippen LogP) is 4.23. The summed E-state index contributed by atoms with van der Waals surface area (Å²) in [6, 6.07) is 12.8. The molecule has 4 nitrogen and oxygen atoms in total. The van der Waals surface area contributed by atoms with Gasteiger partial charge in [0.25, 0.3) is 0 Å². The van der Waals surface area contributed by atoms with Crippen molar-refractivity contribution in [2.45, 2.75) is 19.3 Å². The molecule has 0 N–H and O–H groups in total. The number of carbonyl (C=O) groups excluding carboxylic acids is 1. The standard InChI is InChI=1S/C18H16FNO3/c1-22-17-11-3-2-6-14(17)12-7-4-8-13(12)15-9-5-10-16(20-15)18(21)23-19/h2-3,5-6,9-11H,4,7-8H2,1H3. The molecule has 1 aliphatic rings. The molecule has 0 atom stereocenters. The van der Waals surface area contributed by atoms with E-state index in [1.165, 1.54) is 6.07 Å². The molecular formula is C18H16FNO3. The molecule has 118 valence electrons. The minimum Gasteiger partial charge on any atom is -0.496 e. The number of carbonyl (C=O) groups is 1. The van der Waals surface area contributed by atoms with Gasteiger partial charge in [-0.3, -0.25) is 0 Å². The molecule has 0 spiro atoms. The van der Waals surface area contributed by atoms with E-state index in [2.05, 4.69) is 9.93 Å². The highest BCUT2D eigenvalue weighted by molar-refractivity contribution is 5.94. The van der Waals surface area contributed by atoms with Crippen molar-refractivity contribution in [1.29, 1.82) is 0 Å². The number of hydrogen-bond acceptors (Lipinski definition) is 4. The highest BCUT2D eigenvalue weighted by Crippen LogP contribution is 2.42. The fourth-order valence-electron chi connectivity index (χ4n) is 2.97. The number of rotatable bonds is 4. The van der Waals surface area contributed by atoms with Gasteiger partial charge in [0.2, 0.25) is 0 Å². The van der Waals surface area contributed by atoms with Crippen LogP contribution in [0.2, 0.25) is 0 Å². The first-order chi connectivity index (χ1) is 11.2. The van der Waals surface area contributed by atoms with Crippen LogP contribution in [0.15, 0.2) is 42.5 Å². The number of para-hydroxylation sites is 1. The molecular weight excluding hydrogens is 297 g/mol. The van der Waals surface area contributed by atoms with Crippen LogP contribution in [0.4, 0.5) is 4.53 Å². The molecule has 0 radical (unpaired) electrons. The Morgan fingerprint density at radius 1 is 1.09 bits per heavy atom. The van der Waals surface area contributed by atoms with Crippen molar-refractivity contribution < 1.29 is 19.0 Å². The molecule has 0 aliphatic heterocycles. The highest BCUT2D eigenvalue weighted by atomic mass is 19.3. The second-order valence-electron chi connectivity index (χ2n) is 5.28. The van der Waals surface area contributed by atoms with Crippen LogP contribution in [0.5, 0.6) is 5.75 Å². The number of ether oxygens (including phenoxy) is 1. The molecule has 1 aromatic carbocycles. The summed E-state index contributed by atoms with van der Waals surface area (Å²) >= 11 is 0. The quantitative estimate of drug-likeness (QED) is 0.847. The van der Waals surface area contributed by atoms with Gasteiger partial charge in [0.15, 0.2) is 5.69 Å². The lowest BCUT2D eigenvalue weighted by atomic mass is 9.99. The molecule has 0 saturated heterocycles. The van der Waals surface area contributed by atoms with E-state index in [1.54, 1.807) is 13.2 Å². The highest BCUT2D eigenvalue weighted by Gasteiger charge is 2.22. The predicted molar refractivity (Wildman–Crippen MR) is 84.4 cm³/mol. The van der Waals surface area contributed by atoms with Gasteiger partial charge in [0.05, 0.1) is 12.8 Å². The molecule has 5 heteroatoms. The van der Waals surface area contributed by atoms with Crippen LogP contribution in [-0.2, 0) is 4.94 Å². The van der Waals surface area contributed by atoms with Gasteiger partial charge in [-0.05, 0) is 48.6 Å². The number of nitrogens with zero attached hydrogens (tertiary/aromatic N) is 1. The average Bonchev–Trinajstić information content (AvgIpc) is 3.10. The van der Waals surface area contributed by atoms with E-state index in [0.717, 1.165) is 41.7 Å². The summed E-state index contributed by atoms with van der Waals surface area (Å²) in [6.07, 6.45) is 2.77. The maximum atomic E-state index is 12.1. The van der Waals surface area contributed by atoms with Crippen molar-refractivity contribution in [1.82, 2.24) is 4.98 Å². The Balaban J connectivity index is 2.08. The molecule has 2 aromatic rings. The fourth-order valence-corrected chi connectivity index (χ4v) is 2.97. The first-order valence-corrected chi connectivity index (χ1v) is 7.40. The molecule has 1 aliphatic carbocycles. The van der Waals surface area contributed by atoms with Crippen molar-refractivity contribution >= 4 is 17.1 Å². The minimum absolute atomic E-state index is 0.0382. The molecule has 1 heterocycles. The monoisotopic (exact) mass is 313 g/mol. The first-order valence-electron chi connectivity index (χ1n) is 7.40. The zero-order chi connectivity index (χ0) is 16.2. The van der Waals surface area contributed by atoms with E-state index in [1.807, 2.05) is 30.3 Å². The lowest BCUT2D eigenvalue weighted by molar-refractivity contribution is -0.0793. The van der Waals surface area contributed by atoms with Gasteiger partial charge in [0, 0.05) is 10.1 Å². The molecule has 0 amide bonds. The lowest BCUT2D eigenvalue weighted by Gasteiger charge is -2.12. The Kier molecular flexibility index (Phi) is 4.37. The topological polar surface area (TPSA) is 48.4 Å². The van der Waals surface area contributed by atoms with Gasteiger partial charge in [-0.15, -0.1) is 0 Å². The fraction of sp³-hybridized carbons (Fsp3) is 0.222. The summed E-state index contributed by atoms with van der Waals surface area (Å²) in [4.78, 5) is 18.8. The van der Waals surface area contributed by atoms with Crippen molar-refractivity contribution in [2.24, 2.45) is 0 Å². The second-order valence-corrected chi connectivity index (χ2v) is 5.28. The van der Waals surface area contributed by atoms with Crippen molar-refractivity contribution in [2.75, 3.05) is 7.11 Å². The van der Waals surface area contributed by atoms with Crippen LogP contribution >= 0.6 is 0 Å². The molecule has 1 aromatic heterocycles. The Bertz CT molecular complexity index is 770. The van der Waals surface area contributed by atoms with Crippen LogP contribution in [0.25, 0.3) is 11.1 Å². The number of benzene rings is 1. The maximum absolute atomic E-state index is 12.1. The summed E-state index contributed by atoms with van der Waals surface area (Å²) in [6.45, 7) is 0. The number of pyridine rings is 1. The van der Waals surface area contributed by atoms with Crippen LogP contribution in [0, 0.1) is 0 Å². The van der Waals surface area contributed by atoms with Crippen LogP contribution in [0.1, 0.15) is 41.0 Å². The van der Waals surface area contributed by atoms with E-state index in [4.69, 9.17) is 4.74 Å². The molecule has 3 rings (SSSR count). The number of halogens is 1. The molecule has 0 saturated carbocycles. The summed E-state index contributed by atoms with van der Waals surface area (Å²) in [5, 5.41) is 0. The summed E-state index contributed by atoms with van der Waals surface area (Å²) in [5.74, 6) is -0.273. The van der Waals surface area contributed by atoms with Crippen LogP contribution in [-0.4, -0.2) is 18.1 Å². The molecule has 0 unspecified atom stereocenters. The van der Waals surface area contributed by atoms with Gasteiger partial charge >= 0.3 is 5.97 Å². The third kappa shape index (κ3) is 2.95. The van der Waals surface area contributed by atoms with Crippen LogP contribution < -0.4 is 4.74 Å². The number of methoxy groups -OCH3 is 1. The van der Waals surface area contributed by atoms with E-state index in [-0.39, 0.29) is 5.69 Å². The Hall–Kier alpha value is -2.69. The molecule has 0 fully saturated rings. The normalized spacial score (nSPS) is 14.0. The summed E-state index contributed by atoms with van der Waals surface area (Å²) in [5.41, 5.74) is 3.88. The van der Waals surface area contributed by atoms with Gasteiger partial charge in [-0.2, -0.15) is 0 Å². The van der Waals surface area contributed by atoms with Crippen molar-refractivity contribution in [3.05, 3.63) is 59.4 Å².